The van der Waals surface area contributed by atoms with Gasteiger partial charge in [0.2, 0.25) is 0 Å². The minimum absolute atomic E-state index is 0.165. The summed E-state index contributed by atoms with van der Waals surface area (Å²) in [5.74, 6) is -0.165. The number of nitrogens with one attached hydrogen (secondary N) is 1. The van der Waals surface area contributed by atoms with E-state index in [-0.39, 0.29) is 5.97 Å². The molecule has 0 spiro atoms. The van der Waals surface area contributed by atoms with E-state index in [0.29, 0.717) is 19.8 Å². The van der Waals surface area contributed by atoms with Crippen LogP contribution in [0.2, 0.25) is 0 Å². The Kier molecular flexibility index (Phi) is 4.04. The molecule has 1 N–H and O–H groups in total. The fourth-order valence-corrected chi connectivity index (χ4v) is 2.27. The van der Waals surface area contributed by atoms with E-state index in [2.05, 4.69) is 16.0 Å². The second kappa shape index (κ2) is 5.54. The Morgan fingerprint density at radius 1 is 1.61 bits per heavy atom. The van der Waals surface area contributed by atoms with Crippen molar-refractivity contribution in [3.8, 4) is 0 Å². The van der Waals surface area contributed by atoms with Crippen LogP contribution < -0.4 is 0 Å². The molecule has 0 radical (unpaired) electrons. The van der Waals surface area contributed by atoms with E-state index in [9.17, 15) is 4.79 Å². The first-order chi connectivity index (χ1) is 8.66. The normalized spacial score (nSPS) is 17.5. The van der Waals surface area contributed by atoms with Crippen molar-refractivity contribution in [1.82, 2.24) is 9.88 Å². The van der Waals surface area contributed by atoms with Crippen LogP contribution >= 0.6 is 0 Å². The molecule has 5 heteroatoms. The first-order valence-electron chi connectivity index (χ1n) is 6.13. The van der Waals surface area contributed by atoms with Crippen LogP contribution in [0.3, 0.4) is 0 Å². The summed E-state index contributed by atoms with van der Waals surface area (Å²) >= 11 is 0. The number of aromatic nitrogens is 1. The van der Waals surface area contributed by atoms with Gasteiger partial charge >= 0.3 is 5.97 Å². The molecule has 0 saturated carbocycles. The van der Waals surface area contributed by atoms with Crippen molar-refractivity contribution in [2.45, 2.75) is 6.42 Å². The first-order valence-corrected chi connectivity index (χ1v) is 6.13. The fourth-order valence-electron chi connectivity index (χ4n) is 2.27. The number of nitrogens with zero attached hydrogens (tertiary/aromatic N) is 1. The van der Waals surface area contributed by atoms with Gasteiger partial charge in [-0.1, -0.05) is 0 Å². The van der Waals surface area contributed by atoms with Crippen LogP contribution in [0.25, 0.3) is 0 Å². The maximum absolute atomic E-state index is 11.8. The van der Waals surface area contributed by atoms with Gasteiger partial charge in [0.05, 0.1) is 20.3 Å². The molecule has 0 atom stereocenters. The van der Waals surface area contributed by atoms with Gasteiger partial charge in [0.1, 0.15) is 5.41 Å². The Hall–Kier alpha value is -1.33. The lowest BCUT2D eigenvalue weighted by molar-refractivity contribution is -0.186. The molecule has 1 aliphatic rings. The largest absolute Gasteiger partial charge is 0.468 e. The predicted molar refractivity (Wildman–Crippen MR) is 67.3 cm³/mol. The molecule has 0 aromatic carbocycles. The topological polar surface area (TPSA) is 54.6 Å². The molecule has 1 fully saturated rings. The van der Waals surface area contributed by atoms with Crippen LogP contribution in [-0.2, 0) is 20.7 Å². The van der Waals surface area contributed by atoms with Crippen LogP contribution in [0, 0.1) is 5.41 Å². The summed E-state index contributed by atoms with van der Waals surface area (Å²) in [6.45, 7) is 2.53. The summed E-state index contributed by atoms with van der Waals surface area (Å²) in [5, 5.41) is 0. The SMILES string of the molecule is COC(=O)C1(CN(C)CCc2cc[nH]c2)COC1. The van der Waals surface area contributed by atoms with Crippen LogP contribution in [0.4, 0.5) is 0 Å². The zero-order valence-electron chi connectivity index (χ0n) is 10.9. The molecule has 18 heavy (non-hydrogen) atoms. The molecule has 2 rings (SSSR count). The number of esters is 1. The molecular formula is C13H20N2O3. The van der Waals surface area contributed by atoms with E-state index in [4.69, 9.17) is 9.47 Å². The lowest BCUT2D eigenvalue weighted by Crippen LogP contribution is -2.56. The van der Waals surface area contributed by atoms with Crippen LogP contribution in [-0.4, -0.2) is 56.3 Å². The summed E-state index contributed by atoms with van der Waals surface area (Å²) < 4.78 is 10.0. The second-order valence-corrected chi connectivity index (χ2v) is 4.97. The smallest absolute Gasteiger partial charge is 0.317 e. The van der Waals surface area contributed by atoms with Crippen molar-refractivity contribution < 1.29 is 14.3 Å². The Morgan fingerprint density at radius 2 is 2.39 bits per heavy atom. The highest BCUT2D eigenvalue weighted by Gasteiger charge is 2.47. The lowest BCUT2D eigenvalue weighted by atomic mass is 9.85. The van der Waals surface area contributed by atoms with E-state index < -0.39 is 5.41 Å². The van der Waals surface area contributed by atoms with Gasteiger partial charge in [-0.05, 0) is 25.1 Å². The molecule has 0 unspecified atom stereocenters. The zero-order chi connectivity index (χ0) is 13.0. The van der Waals surface area contributed by atoms with Gasteiger partial charge in [-0.2, -0.15) is 0 Å². The minimum Gasteiger partial charge on any atom is -0.468 e. The van der Waals surface area contributed by atoms with Gasteiger partial charge in [-0.3, -0.25) is 4.79 Å². The monoisotopic (exact) mass is 252 g/mol. The van der Waals surface area contributed by atoms with E-state index in [1.807, 2.05) is 19.4 Å². The fraction of sp³-hybridized carbons (Fsp3) is 0.615. The molecule has 0 aliphatic carbocycles. The highest BCUT2D eigenvalue weighted by atomic mass is 16.5. The van der Waals surface area contributed by atoms with Gasteiger partial charge in [0.15, 0.2) is 0 Å². The molecule has 1 aromatic rings. The third kappa shape index (κ3) is 2.73. The Balaban J connectivity index is 1.82. The Labute approximate surface area is 107 Å². The van der Waals surface area contributed by atoms with Gasteiger partial charge in [-0.25, -0.2) is 0 Å². The number of H-pyrrole nitrogens is 1. The van der Waals surface area contributed by atoms with E-state index >= 15 is 0 Å². The van der Waals surface area contributed by atoms with Crippen LogP contribution in [0.1, 0.15) is 5.56 Å². The van der Waals surface area contributed by atoms with Crippen molar-refractivity contribution in [2.75, 3.05) is 40.5 Å². The van der Waals surface area contributed by atoms with Crippen molar-refractivity contribution in [3.05, 3.63) is 24.0 Å². The standard InChI is InChI=1S/C13H20N2O3/c1-15(6-4-11-3-5-14-7-11)8-13(9-18-10-13)12(16)17-2/h3,5,7,14H,4,6,8-10H2,1-2H3. The maximum atomic E-state index is 11.8. The van der Waals surface area contributed by atoms with Gasteiger partial charge in [0.25, 0.3) is 0 Å². The molecule has 5 nitrogen and oxygen atoms in total. The van der Waals surface area contributed by atoms with E-state index in [0.717, 1.165) is 13.0 Å². The summed E-state index contributed by atoms with van der Waals surface area (Å²) in [5.41, 5.74) is 0.820. The lowest BCUT2D eigenvalue weighted by Gasteiger charge is -2.40. The van der Waals surface area contributed by atoms with Crippen LogP contribution in [0.5, 0.6) is 0 Å². The molecule has 1 aromatic heterocycles. The first kappa shape index (κ1) is 13.1. The van der Waals surface area contributed by atoms with Gasteiger partial charge < -0.3 is 19.4 Å². The van der Waals surface area contributed by atoms with Crippen molar-refractivity contribution >= 4 is 5.97 Å². The highest BCUT2D eigenvalue weighted by Crippen LogP contribution is 2.29. The second-order valence-electron chi connectivity index (χ2n) is 4.97. The Morgan fingerprint density at radius 3 is 2.89 bits per heavy atom. The molecule has 1 aliphatic heterocycles. The molecule has 2 heterocycles. The van der Waals surface area contributed by atoms with Crippen molar-refractivity contribution in [1.29, 1.82) is 0 Å². The average Bonchev–Trinajstić information content (AvgIpc) is 2.83. The zero-order valence-corrected chi connectivity index (χ0v) is 10.9. The Bertz CT molecular complexity index is 385. The molecular weight excluding hydrogens is 232 g/mol. The minimum atomic E-state index is -0.457. The summed E-state index contributed by atoms with van der Waals surface area (Å²) in [7, 11) is 3.46. The van der Waals surface area contributed by atoms with Gasteiger partial charge in [-0.15, -0.1) is 0 Å². The molecule has 0 bridgehead atoms. The quantitative estimate of drug-likeness (QED) is 0.756. The van der Waals surface area contributed by atoms with E-state index in [1.165, 1.54) is 12.7 Å². The molecule has 0 amide bonds. The number of ether oxygens (including phenoxy) is 2. The average molecular weight is 252 g/mol. The number of carbonyl (C=O) groups excluding carboxylic acids is 1. The third-order valence-corrected chi connectivity index (χ3v) is 3.39. The number of likely N-dealkylation sites (N-methyl/N-ethyl adjacent to an activating group) is 1. The number of hydrogen-bond acceptors (Lipinski definition) is 4. The molecule has 1 saturated heterocycles. The van der Waals surface area contributed by atoms with Crippen molar-refractivity contribution in [3.63, 3.8) is 0 Å². The number of carbonyl (C=O) groups is 1. The van der Waals surface area contributed by atoms with Gasteiger partial charge in [0, 0.05) is 25.5 Å². The van der Waals surface area contributed by atoms with Crippen molar-refractivity contribution in [2.24, 2.45) is 5.41 Å². The third-order valence-electron chi connectivity index (χ3n) is 3.39. The van der Waals surface area contributed by atoms with Crippen LogP contribution in [0.15, 0.2) is 18.5 Å². The number of methoxy groups -OCH3 is 1. The number of hydrogen-bond donors (Lipinski definition) is 1. The highest BCUT2D eigenvalue weighted by molar-refractivity contribution is 5.78. The number of aromatic amines is 1. The summed E-state index contributed by atoms with van der Waals surface area (Å²) in [6.07, 6.45) is 4.89. The predicted octanol–water partition coefficient (Wildman–Crippen LogP) is 0.679. The molecule has 100 valence electrons. The summed E-state index contributed by atoms with van der Waals surface area (Å²) in [4.78, 5) is 16.9. The maximum Gasteiger partial charge on any atom is 0.317 e. The number of rotatable bonds is 6. The van der Waals surface area contributed by atoms with E-state index in [1.54, 1.807) is 0 Å². The summed E-state index contributed by atoms with van der Waals surface area (Å²) in [6, 6.07) is 2.07.